The molecule has 0 spiro atoms. The zero-order valence-electron chi connectivity index (χ0n) is 20.7. The Morgan fingerprint density at radius 1 is 0.897 bits per heavy atom. The summed E-state index contributed by atoms with van der Waals surface area (Å²) in [5.74, 6) is -0.770. The predicted octanol–water partition coefficient (Wildman–Crippen LogP) is 5.38. The Labute approximate surface area is 235 Å². The summed E-state index contributed by atoms with van der Waals surface area (Å²) in [5, 5.41) is 2.91. The first-order chi connectivity index (χ1) is 18.8. The van der Waals surface area contributed by atoms with Gasteiger partial charge in [0.2, 0.25) is 5.91 Å². The van der Waals surface area contributed by atoms with Gasteiger partial charge < -0.3 is 10.2 Å². The smallest absolute Gasteiger partial charge is 0.264 e. The molecule has 6 rings (SSSR count). The molecule has 2 aliphatic rings. The molecular formula is C30H24BrN3O4S. The highest BCUT2D eigenvalue weighted by Crippen LogP contribution is 2.38. The van der Waals surface area contributed by atoms with E-state index in [1.165, 1.54) is 21.3 Å². The number of sulfonamides is 1. The maximum Gasteiger partial charge on any atom is 0.264 e. The number of para-hydroxylation sites is 1. The average molecular weight is 603 g/mol. The van der Waals surface area contributed by atoms with Gasteiger partial charge in [-0.25, -0.2) is 8.42 Å². The Morgan fingerprint density at radius 3 is 2.49 bits per heavy atom. The molecule has 39 heavy (non-hydrogen) atoms. The Balaban J connectivity index is 1.42. The SMILES string of the molecule is O=C1CN(C(=O)c2cccc(S(=O)(=O)N3CCc4ccccc43)c2)C(c2ccccc2)c2cc(Br)ccc2N1. The molecular weight excluding hydrogens is 578 g/mol. The molecule has 196 valence electrons. The molecule has 1 unspecified atom stereocenters. The lowest BCUT2D eigenvalue weighted by Gasteiger charge is -2.31. The molecule has 0 fully saturated rings. The molecule has 4 aromatic carbocycles. The lowest BCUT2D eigenvalue weighted by atomic mass is 9.95. The maximum atomic E-state index is 14.1. The lowest BCUT2D eigenvalue weighted by molar-refractivity contribution is -0.117. The van der Waals surface area contributed by atoms with Crippen molar-refractivity contribution >= 4 is 49.1 Å². The van der Waals surface area contributed by atoms with E-state index in [2.05, 4.69) is 21.2 Å². The fourth-order valence-corrected chi connectivity index (χ4v) is 7.23. The Bertz CT molecular complexity index is 1710. The normalized spacial score (nSPS) is 16.7. The van der Waals surface area contributed by atoms with Crippen molar-refractivity contribution in [3.8, 4) is 0 Å². The van der Waals surface area contributed by atoms with E-state index in [0.29, 0.717) is 24.3 Å². The third-order valence-corrected chi connectivity index (χ3v) is 9.40. The molecule has 0 aromatic heterocycles. The van der Waals surface area contributed by atoms with Crippen molar-refractivity contribution in [2.24, 2.45) is 0 Å². The zero-order valence-corrected chi connectivity index (χ0v) is 23.2. The first-order valence-electron chi connectivity index (χ1n) is 12.5. The summed E-state index contributed by atoms with van der Waals surface area (Å²) in [6.45, 7) is 0.148. The minimum absolute atomic E-state index is 0.0312. The number of carbonyl (C=O) groups is 2. The van der Waals surface area contributed by atoms with Gasteiger partial charge in [-0.05, 0) is 60.0 Å². The van der Waals surface area contributed by atoms with Crippen LogP contribution in [0.4, 0.5) is 11.4 Å². The molecule has 9 heteroatoms. The van der Waals surface area contributed by atoms with Gasteiger partial charge in [0, 0.05) is 27.8 Å². The van der Waals surface area contributed by atoms with Crippen molar-refractivity contribution in [1.29, 1.82) is 0 Å². The predicted molar refractivity (Wildman–Crippen MR) is 153 cm³/mol. The summed E-state index contributed by atoms with van der Waals surface area (Å²) in [5.41, 5.74) is 4.03. The number of anilines is 2. The summed E-state index contributed by atoms with van der Waals surface area (Å²) < 4.78 is 29.6. The summed E-state index contributed by atoms with van der Waals surface area (Å²) in [6.07, 6.45) is 0.630. The van der Waals surface area contributed by atoms with Crippen LogP contribution in [0.2, 0.25) is 0 Å². The van der Waals surface area contributed by atoms with Crippen LogP contribution in [0.1, 0.15) is 33.1 Å². The minimum Gasteiger partial charge on any atom is -0.324 e. The largest absolute Gasteiger partial charge is 0.324 e. The van der Waals surface area contributed by atoms with Gasteiger partial charge in [0.1, 0.15) is 6.54 Å². The van der Waals surface area contributed by atoms with E-state index in [1.807, 2.05) is 66.7 Å². The van der Waals surface area contributed by atoms with E-state index in [-0.39, 0.29) is 22.9 Å². The standard InChI is InChI=1S/C30H24BrN3O4S/c31-23-13-14-26-25(18-23)29(21-8-2-1-3-9-21)33(19-28(35)32-26)30(36)22-10-6-11-24(17-22)39(37,38)34-16-15-20-7-4-5-12-27(20)34/h1-14,17-18,29H,15-16,19H2,(H,32,35). The van der Waals surface area contributed by atoms with Crippen molar-refractivity contribution in [3.05, 3.63) is 124 Å². The van der Waals surface area contributed by atoms with Crippen LogP contribution in [0.15, 0.2) is 106 Å². The fourth-order valence-electron chi connectivity index (χ4n) is 5.30. The van der Waals surface area contributed by atoms with Crippen LogP contribution in [-0.2, 0) is 21.2 Å². The van der Waals surface area contributed by atoms with Crippen LogP contribution in [-0.4, -0.2) is 38.2 Å². The van der Waals surface area contributed by atoms with Crippen LogP contribution < -0.4 is 9.62 Å². The number of hydrogen-bond donors (Lipinski definition) is 1. The first kappa shape index (κ1) is 25.3. The lowest BCUT2D eigenvalue weighted by Crippen LogP contribution is -2.39. The van der Waals surface area contributed by atoms with E-state index in [0.717, 1.165) is 21.2 Å². The van der Waals surface area contributed by atoms with Crippen molar-refractivity contribution in [2.45, 2.75) is 17.4 Å². The van der Waals surface area contributed by atoms with Crippen LogP contribution in [0.3, 0.4) is 0 Å². The van der Waals surface area contributed by atoms with Gasteiger partial charge in [-0.3, -0.25) is 13.9 Å². The molecule has 0 aliphatic carbocycles. The second-order valence-corrected chi connectivity index (χ2v) is 12.3. The quantitative estimate of drug-likeness (QED) is 0.340. The zero-order chi connectivity index (χ0) is 27.1. The third-order valence-electron chi connectivity index (χ3n) is 7.10. The number of rotatable bonds is 4. The molecule has 2 aliphatic heterocycles. The first-order valence-corrected chi connectivity index (χ1v) is 14.7. The molecule has 7 nitrogen and oxygen atoms in total. The number of fused-ring (bicyclic) bond motifs is 2. The number of halogens is 1. The second-order valence-electron chi connectivity index (χ2n) is 9.51. The van der Waals surface area contributed by atoms with Crippen LogP contribution in [0.25, 0.3) is 0 Å². The summed E-state index contributed by atoms with van der Waals surface area (Å²) in [6, 6.07) is 28.0. The average Bonchev–Trinajstić information content (AvgIpc) is 3.33. The maximum absolute atomic E-state index is 14.1. The van der Waals surface area contributed by atoms with Gasteiger partial charge >= 0.3 is 0 Å². The second kappa shape index (κ2) is 9.98. The molecule has 0 saturated carbocycles. The molecule has 1 atom stereocenters. The highest BCUT2D eigenvalue weighted by atomic mass is 79.9. The number of benzene rings is 4. The number of nitrogens with zero attached hydrogens (tertiary/aromatic N) is 2. The van der Waals surface area contributed by atoms with Crippen molar-refractivity contribution < 1.29 is 18.0 Å². The van der Waals surface area contributed by atoms with E-state index >= 15 is 0 Å². The van der Waals surface area contributed by atoms with Gasteiger partial charge in [0.25, 0.3) is 15.9 Å². The molecule has 0 saturated heterocycles. The molecule has 2 heterocycles. The Hall–Kier alpha value is -3.95. The molecule has 2 amide bonds. The number of amides is 2. The summed E-state index contributed by atoms with van der Waals surface area (Å²) >= 11 is 3.52. The van der Waals surface area contributed by atoms with E-state index < -0.39 is 22.0 Å². The number of hydrogen-bond acceptors (Lipinski definition) is 4. The minimum atomic E-state index is -3.90. The van der Waals surface area contributed by atoms with Crippen LogP contribution >= 0.6 is 15.9 Å². The number of carbonyl (C=O) groups excluding carboxylic acids is 2. The Morgan fingerprint density at radius 2 is 1.67 bits per heavy atom. The summed E-state index contributed by atoms with van der Waals surface area (Å²) in [4.78, 5) is 28.6. The molecule has 4 aromatic rings. The highest BCUT2D eigenvalue weighted by Gasteiger charge is 2.35. The third kappa shape index (κ3) is 4.62. The Kier molecular flexibility index (Phi) is 6.48. The van der Waals surface area contributed by atoms with Crippen LogP contribution in [0.5, 0.6) is 0 Å². The van der Waals surface area contributed by atoms with Gasteiger partial charge in [-0.1, -0.05) is 70.5 Å². The topological polar surface area (TPSA) is 86.8 Å². The van der Waals surface area contributed by atoms with Crippen molar-refractivity contribution in [2.75, 3.05) is 22.7 Å². The number of nitrogens with one attached hydrogen (secondary N) is 1. The van der Waals surface area contributed by atoms with E-state index in [4.69, 9.17) is 0 Å². The van der Waals surface area contributed by atoms with Gasteiger partial charge in [0.05, 0.1) is 16.6 Å². The molecule has 0 radical (unpaired) electrons. The van der Waals surface area contributed by atoms with Gasteiger partial charge in [-0.2, -0.15) is 0 Å². The van der Waals surface area contributed by atoms with Crippen molar-refractivity contribution in [1.82, 2.24) is 4.90 Å². The van der Waals surface area contributed by atoms with E-state index in [1.54, 1.807) is 18.2 Å². The molecule has 1 N–H and O–H groups in total. The van der Waals surface area contributed by atoms with Gasteiger partial charge in [0.15, 0.2) is 0 Å². The monoisotopic (exact) mass is 601 g/mol. The van der Waals surface area contributed by atoms with Crippen LogP contribution in [0, 0.1) is 0 Å². The highest BCUT2D eigenvalue weighted by molar-refractivity contribution is 9.10. The van der Waals surface area contributed by atoms with Gasteiger partial charge in [-0.15, -0.1) is 0 Å². The molecule has 0 bridgehead atoms. The van der Waals surface area contributed by atoms with E-state index in [9.17, 15) is 18.0 Å². The van der Waals surface area contributed by atoms with Crippen molar-refractivity contribution in [3.63, 3.8) is 0 Å². The fraction of sp³-hybridized carbons (Fsp3) is 0.133. The summed E-state index contributed by atoms with van der Waals surface area (Å²) in [7, 11) is -3.90.